The Morgan fingerprint density at radius 1 is 0.900 bits per heavy atom. The van der Waals surface area contributed by atoms with Crippen molar-refractivity contribution in [3.05, 3.63) is 72.8 Å². The summed E-state index contributed by atoms with van der Waals surface area (Å²) < 4.78 is 16.3. The Labute approximate surface area is 187 Å². The summed E-state index contributed by atoms with van der Waals surface area (Å²) in [5, 5.41) is 0. The van der Waals surface area contributed by atoms with Gasteiger partial charge >= 0.3 is 5.97 Å². The topological polar surface area (TPSA) is 44.8 Å². The number of esters is 1. The second-order valence-corrected chi connectivity index (χ2v) is 11.2. The van der Waals surface area contributed by atoms with Crippen molar-refractivity contribution >= 4 is 32.8 Å². The molecule has 0 amide bonds. The first kappa shape index (κ1) is 20.8. The third-order valence-corrected chi connectivity index (χ3v) is 7.11. The number of para-hydroxylation sites is 2. The first-order valence-corrected chi connectivity index (χ1v) is 11.6. The van der Waals surface area contributed by atoms with Crippen LogP contribution in [-0.4, -0.2) is 23.5 Å². The SMILES string of the molecule is CC(C)(Br)C(=O)OCCOc1ccc([S+]2c3ccccc3Oc3ccccc32)cc1. The molecule has 0 unspecified atom stereocenters. The summed E-state index contributed by atoms with van der Waals surface area (Å²) >= 11 is 3.29. The minimum atomic E-state index is -0.689. The lowest BCUT2D eigenvalue weighted by Crippen LogP contribution is -2.28. The molecule has 1 aliphatic rings. The maximum absolute atomic E-state index is 11.8. The van der Waals surface area contributed by atoms with Crippen LogP contribution in [0.3, 0.4) is 0 Å². The highest BCUT2D eigenvalue weighted by Gasteiger charge is 2.38. The van der Waals surface area contributed by atoms with Crippen molar-refractivity contribution in [1.82, 2.24) is 0 Å². The van der Waals surface area contributed by atoms with Gasteiger partial charge in [0, 0.05) is 0 Å². The summed E-state index contributed by atoms with van der Waals surface area (Å²) in [7, 11) is -0.245. The zero-order valence-corrected chi connectivity index (χ0v) is 19.2. The van der Waals surface area contributed by atoms with Gasteiger partial charge in [-0.1, -0.05) is 40.2 Å². The zero-order chi connectivity index (χ0) is 21.1. The average molecular weight is 486 g/mol. The Bertz CT molecular complexity index is 998. The lowest BCUT2D eigenvalue weighted by atomic mass is 10.2. The van der Waals surface area contributed by atoms with Crippen molar-refractivity contribution in [1.29, 1.82) is 0 Å². The number of carbonyl (C=O) groups is 1. The molecule has 1 aliphatic heterocycles. The number of alkyl halides is 1. The maximum Gasteiger partial charge on any atom is 0.322 e. The predicted molar refractivity (Wildman–Crippen MR) is 121 cm³/mol. The van der Waals surface area contributed by atoms with Crippen LogP contribution in [0.5, 0.6) is 17.2 Å². The van der Waals surface area contributed by atoms with E-state index in [-0.39, 0.29) is 23.5 Å². The second kappa shape index (κ2) is 8.74. The van der Waals surface area contributed by atoms with E-state index in [2.05, 4.69) is 40.2 Å². The standard InChI is InChI=1S/C24H22BrO4S/c1-24(2,25)23(26)28-16-15-27-17-11-13-18(14-12-17)30-21-9-5-3-7-19(21)29-20-8-4-6-10-22(20)30/h3-14H,15-16H2,1-2H3/q+1. The number of carbonyl (C=O) groups excluding carboxylic acids is 1. The molecule has 0 bridgehead atoms. The number of rotatable bonds is 6. The minimum Gasteiger partial charge on any atom is -0.490 e. The largest absolute Gasteiger partial charge is 0.490 e. The molecule has 0 saturated carbocycles. The zero-order valence-electron chi connectivity index (χ0n) is 16.8. The van der Waals surface area contributed by atoms with Crippen LogP contribution in [0.25, 0.3) is 0 Å². The van der Waals surface area contributed by atoms with E-state index in [0.29, 0.717) is 6.61 Å². The maximum atomic E-state index is 11.8. The van der Waals surface area contributed by atoms with Crippen molar-refractivity contribution in [2.45, 2.75) is 32.9 Å². The fourth-order valence-corrected chi connectivity index (χ4v) is 5.35. The molecule has 0 aromatic heterocycles. The smallest absolute Gasteiger partial charge is 0.322 e. The van der Waals surface area contributed by atoms with Crippen molar-refractivity contribution in [3.8, 4) is 17.2 Å². The first-order chi connectivity index (χ1) is 14.4. The van der Waals surface area contributed by atoms with E-state index >= 15 is 0 Å². The number of halogens is 1. The number of fused-ring (bicyclic) bond motifs is 2. The first-order valence-electron chi connectivity index (χ1n) is 9.63. The molecule has 4 rings (SSSR count). The monoisotopic (exact) mass is 485 g/mol. The van der Waals surface area contributed by atoms with Gasteiger partial charge in [0.05, 0.1) is 0 Å². The molecule has 3 aromatic carbocycles. The third kappa shape index (κ3) is 4.50. The molecule has 0 spiro atoms. The summed E-state index contributed by atoms with van der Waals surface area (Å²) in [4.78, 5) is 15.3. The quantitative estimate of drug-likeness (QED) is 0.146. The summed E-state index contributed by atoms with van der Waals surface area (Å²) in [6.07, 6.45) is 0. The van der Waals surface area contributed by atoms with Crippen LogP contribution >= 0.6 is 15.9 Å². The van der Waals surface area contributed by atoms with Crippen LogP contribution in [-0.2, 0) is 20.4 Å². The van der Waals surface area contributed by atoms with Crippen LogP contribution in [0.15, 0.2) is 87.5 Å². The number of hydrogen-bond donors (Lipinski definition) is 0. The number of benzene rings is 3. The highest BCUT2D eigenvalue weighted by Crippen LogP contribution is 2.46. The summed E-state index contributed by atoms with van der Waals surface area (Å²) in [5.74, 6) is 2.23. The predicted octanol–water partition coefficient (Wildman–Crippen LogP) is 5.98. The van der Waals surface area contributed by atoms with E-state index in [1.54, 1.807) is 13.8 Å². The lowest BCUT2D eigenvalue weighted by molar-refractivity contribution is -0.146. The Kier molecular flexibility index (Phi) is 6.06. The van der Waals surface area contributed by atoms with Crippen LogP contribution < -0.4 is 9.47 Å². The van der Waals surface area contributed by atoms with Gasteiger partial charge in [0.15, 0.2) is 16.4 Å². The molecule has 0 fully saturated rings. The van der Waals surface area contributed by atoms with E-state index in [9.17, 15) is 4.79 Å². The molecule has 154 valence electrons. The van der Waals surface area contributed by atoms with E-state index < -0.39 is 4.32 Å². The molecule has 0 aliphatic carbocycles. The minimum absolute atomic E-state index is 0.206. The van der Waals surface area contributed by atoms with E-state index in [1.807, 2.05) is 48.5 Å². The Balaban J connectivity index is 1.48. The molecule has 0 saturated heterocycles. The summed E-state index contributed by atoms with van der Waals surface area (Å²) in [6.45, 7) is 4.02. The van der Waals surface area contributed by atoms with Gasteiger partial charge in [-0.3, -0.25) is 4.79 Å². The van der Waals surface area contributed by atoms with Gasteiger partial charge in [0.25, 0.3) is 0 Å². The van der Waals surface area contributed by atoms with E-state index in [1.165, 1.54) is 14.7 Å². The Morgan fingerprint density at radius 3 is 2.03 bits per heavy atom. The van der Waals surface area contributed by atoms with Crippen LogP contribution in [0.2, 0.25) is 0 Å². The van der Waals surface area contributed by atoms with Crippen molar-refractivity contribution < 1.29 is 19.0 Å². The normalized spacial score (nSPS) is 13.0. The van der Waals surface area contributed by atoms with Crippen LogP contribution in [0.4, 0.5) is 0 Å². The molecule has 0 atom stereocenters. The number of ether oxygens (including phenoxy) is 3. The molecule has 6 heteroatoms. The van der Waals surface area contributed by atoms with Crippen molar-refractivity contribution in [3.63, 3.8) is 0 Å². The van der Waals surface area contributed by atoms with Gasteiger partial charge in [-0.15, -0.1) is 0 Å². The van der Waals surface area contributed by atoms with Crippen LogP contribution in [0.1, 0.15) is 13.8 Å². The lowest BCUT2D eigenvalue weighted by Gasteiger charge is -2.19. The van der Waals surface area contributed by atoms with E-state index in [0.717, 1.165) is 17.2 Å². The molecule has 3 aromatic rings. The summed E-state index contributed by atoms with van der Waals surface area (Å²) in [5.41, 5.74) is 0. The molecular weight excluding hydrogens is 464 g/mol. The molecule has 0 N–H and O–H groups in total. The van der Waals surface area contributed by atoms with E-state index in [4.69, 9.17) is 14.2 Å². The van der Waals surface area contributed by atoms with Gasteiger partial charge in [0.1, 0.15) is 34.2 Å². The van der Waals surface area contributed by atoms with Gasteiger partial charge in [0.2, 0.25) is 9.79 Å². The third-order valence-electron chi connectivity index (χ3n) is 4.49. The Morgan fingerprint density at radius 2 is 1.47 bits per heavy atom. The van der Waals surface area contributed by atoms with Gasteiger partial charge in [-0.25, -0.2) is 0 Å². The second-order valence-electron chi connectivity index (χ2n) is 7.23. The molecule has 30 heavy (non-hydrogen) atoms. The Hall–Kier alpha value is -2.44. The molecule has 4 nitrogen and oxygen atoms in total. The number of hydrogen-bond acceptors (Lipinski definition) is 4. The highest BCUT2D eigenvalue weighted by molar-refractivity contribution is 9.10. The average Bonchev–Trinajstić information content (AvgIpc) is 2.74. The van der Waals surface area contributed by atoms with Crippen molar-refractivity contribution in [2.24, 2.45) is 0 Å². The van der Waals surface area contributed by atoms with Crippen molar-refractivity contribution in [2.75, 3.05) is 13.2 Å². The van der Waals surface area contributed by atoms with Gasteiger partial charge in [-0.05, 0) is 62.4 Å². The fourth-order valence-electron chi connectivity index (χ4n) is 3.03. The summed E-state index contributed by atoms with van der Waals surface area (Å²) in [6, 6.07) is 24.4. The van der Waals surface area contributed by atoms with Crippen LogP contribution in [0, 0.1) is 0 Å². The molecule has 1 heterocycles. The molecular formula is C24H22BrO4S+. The fraction of sp³-hybridized carbons (Fsp3) is 0.208. The molecule has 0 radical (unpaired) electrons. The van der Waals surface area contributed by atoms with Gasteiger partial charge < -0.3 is 14.2 Å². The van der Waals surface area contributed by atoms with Gasteiger partial charge in [-0.2, -0.15) is 0 Å². The highest BCUT2D eigenvalue weighted by atomic mass is 79.9.